The zero-order valence-corrected chi connectivity index (χ0v) is 8.65. The van der Waals surface area contributed by atoms with Gasteiger partial charge in [0.15, 0.2) is 0 Å². The summed E-state index contributed by atoms with van der Waals surface area (Å²) in [5.41, 5.74) is 6.70. The Morgan fingerprint density at radius 2 is 2.15 bits per heavy atom. The van der Waals surface area contributed by atoms with E-state index in [2.05, 4.69) is 6.58 Å². The molecule has 0 aliphatic carbocycles. The van der Waals surface area contributed by atoms with Crippen LogP contribution in [0.4, 0.5) is 0 Å². The van der Waals surface area contributed by atoms with Crippen LogP contribution in [0.5, 0.6) is 0 Å². The number of hydrogen-bond acceptors (Lipinski definition) is 1. The van der Waals surface area contributed by atoms with Crippen molar-refractivity contribution in [2.24, 2.45) is 5.73 Å². The van der Waals surface area contributed by atoms with Crippen molar-refractivity contribution in [1.29, 1.82) is 0 Å². The van der Waals surface area contributed by atoms with Crippen molar-refractivity contribution < 1.29 is 0 Å². The van der Waals surface area contributed by atoms with Gasteiger partial charge >= 0.3 is 0 Å². The number of benzene rings is 1. The summed E-state index contributed by atoms with van der Waals surface area (Å²) >= 11 is 11.7. The summed E-state index contributed by atoms with van der Waals surface area (Å²) in [4.78, 5) is 0. The minimum atomic E-state index is -0.0568. The van der Waals surface area contributed by atoms with Gasteiger partial charge in [0, 0.05) is 16.1 Å². The normalized spacial score (nSPS) is 12.5. The van der Waals surface area contributed by atoms with E-state index in [0.29, 0.717) is 16.5 Å². The Hall–Kier alpha value is -0.500. The molecule has 0 saturated carbocycles. The minimum absolute atomic E-state index is 0.0568. The van der Waals surface area contributed by atoms with E-state index in [9.17, 15) is 0 Å². The molecule has 3 heteroatoms. The van der Waals surface area contributed by atoms with Crippen LogP contribution in [0, 0.1) is 0 Å². The van der Waals surface area contributed by atoms with Crippen LogP contribution < -0.4 is 5.73 Å². The van der Waals surface area contributed by atoms with Gasteiger partial charge in [-0.25, -0.2) is 0 Å². The molecule has 0 bridgehead atoms. The Morgan fingerprint density at radius 3 is 2.69 bits per heavy atom. The number of halogens is 2. The lowest BCUT2D eigenvalue weighted by molar-refractivity contribution is 0.812. The Bertz CT molecular complexity index is 310. The topological polar surface area (TPSA) is 26.0 Å². The Labute approximate surface area is 88.1 Å². The molecule has 0 spiro atoms. The highest BCUT2D eigenvalue weighted by Crippen LogP contribution is 2.21. The predicted octanol–water partition coefficient (Wildman–Crippen LogP) is 3.05. The first kappa shape index (κ1) is 10.6. The molecule has 0 aliphatic rings. The molecule has 1 aromatic rings. The van der Waals surface area contributed by atoms with Crippen LogP contribution in [0.25, 0.3) is 0 Å². The van der Waals surface area contributed by atoms with E-state index in [1.165, 1.54) is 0 Å². The van der Waals surface area contributed by atoms with Crippen molar-refractivity contribution in [3.05, 3.63) is 46.5 Å². The quantitative estimate of drug-likeness (QED) is 0.772. The van der Waals surface area contributed by atoms with E-state index in [-0.39, 0.29) is 6.04 Å². The largest absolute Gasteiger partial charge is 0.324 e. The monoisotopic (exact) mass is 215 g/mol. The second-order valence-corrected chi connectivity index (χ2v) is 3.68. The summed E-state index contributed by atoms with van der Waals surface area (Å²) in [6, 6.07) is 5.35. The highest BCUT2D eigenvalue weighted by molar-refractivity contribution is 6.35. The SMILES string of the molecule is C=CC(N)Cc1ccc(Cl)cc1Cl. The van der Waals surface area contributed by atoms with Crippen LogP contribution >= 0.6 is 23.2 Å². The fourth-order valence-electron chi connectivity index (χ4n) is 1.02. The first-order valence-corrected chi connectivity index (χ1v) is 4.71. The van der Waals surface area contributed by atoms with Crippen LogP contribution in [0.15, 0.2) is 30.9 Å². The molecule has 1 atom stereocenters. The Kier molecular flexibility index (Phi) is 3.79. The Morgan fingerprint density at radius 1 is 1.46 bits per heavy atom. The highest BCUT2D eigenvalue weighted by atomic mass is 35.5. The molecule has 0 saturated heterocycles. The molecule has 1 nitrogen and oxygen atoms in total. The zero-order valence-electron chi connectivity index (χ0n) is 7.13. The van der Waals surface area contributed by atoms with E-state index in [1.807, 2.05) is 6.07 Å². The van der Waals surface area contributed by atoms with Gasteiger partial charge in [0.2, 0.25) is 0 Å². The van der Waals surface area contributed by atoms with E-state index in [0.717, 1.165) is 5.56 Å². The average molecular weight is 216 g/mol. The standard InChI is InChI=1S/C10H11Cl2N/c1-2-9(13)5-7-3-4-8(11)6-10(7)12/h2-4,6,9H,1,5,13H2. The number of nitrogens with two attached hydrogens (primary N) is 1. The summed E-state index contributed by atoms with van der Waals surface area (Å²) < 4.78 is 0. The van der Waals surface area contributed by atoms with Crippen molar-refractivity contribution >= 4 is 23.2 Å². The van der Waals surface area contributed by atoms with Crippen LogP contribution in [-0.4, -0.2) is 6.04 Å². The van der Waals surface area contributed by atoms with Gasteiger partial charge in [-0.05, 0) is 24.1 Å². The van der Waals surface area contributed by atoms with Crippen LogP contribution in [-0.2, 0) is 6.42 Å². The second kappa shape index (κ2) is 4.66. The molecule has 0 amide bonds. The molecule has 0 heterocycles. The smallest absolute Gasteiger partial charge is 0.0453 e. The van der Waals surface area contributed by atoms with Gasteiger partial charge in [0.25, 0.3) is 0 Å². The number of rotatable bonds is 3. The molecular formula is C10H11Cl2N. The van der Waals surface area contributed by atoms with E-state index >= 15 is 0 Å². The molecule has 0 fully saturated rings. The molecule has 2 N–H and O–H groups in total. The fraction of sp³-hybridized carbons (Fsp3) is 0.200. The second-order valence-electron chi connectivity index (χ2n) is 2.84. The van der Waals surface area contributed by atoms with E-state index < -0.39 is 0 Å². The molecule has 1 unspecified atom stereocenters. The molecule has 0 aliphatic heterocycles. The minimum Gasteiger partial charge on any atom is -0.324 e. The summed E-state index contributed by atoms with van der Waals surface area (Å²) in [6.07, 6.45) is 2.39. The third kappa shape index (κ3) is 3.03. The molecule has 0 radical (unpaired) electrons. The first-order chi connectivity index (χ1) is 6.13. The summed E-state index contributed by atoms with van der Waals surface area (Å²) in [5, 5.41) is 1.30. The van der Waals surface area contributed by atoms with Crippen LogP contribution in [0.2, 0.25) is 10.0 Å². The summed E-state index contributed by atoms with van der Waals surface area (Å²) in [6.45, 7) is 3.61. The van der Waals surface area contributed by atoms with Gasteiger partial charge in [-0.2, -0.15) is 0 Å². The lowest BCUT2D eigenvalue weighted by atomic mass is 10.1. The van der Waals surface area contributed by atoms with Gasteiger partial charge in [0.1, 0.15) is 0 Å². The predicted molar refractivity (Wildman–Crippen MR) is 58.3 cm³/mol. The van der Waals surface area contributed by atoms with Crippen molar-refractivity contribution in [2.75, 3.05) is 0 Å². The van der Waals surface area contributed by atoms with Gasteiger partial charge in [-0.1, -0.05) is 35.3 Å². The zero-order chi connectivity index (χ0) is 9.84. The first-order valence-electron chi connectivity index (χ1n) is 3.95. The Balaban J connectivity index is 2.83. The maximum atomic E-state index is 5.96. The van der Waals surface area contributed by atoms with Gasteiger partial charge < -0.3 is 5.73 Å². The number of hydrogen-bond donors (Lipinski definition) is 1. The van der Waals surface area contributed by atoms with E-state index in [1.54, 1.807) is 18.2 Å². The van der Waals surface area contributed by atoms with Crippen LogP contribution in [0.3, 0.4) is 0 Å². The maximum absolute atomic E-state index is 5.96. The molecule has 13 heavy (non-hydrogen) atoms. The fourth-order valence-corrected chi connectivity index (χ4v) is 1.51. The molecule has 1 aromatic carbocycles. The lowest BCUT2D eigenvalue weighted by Crippen LogP contribution is -2.19. The third-order valence-electron chi connectivity index (χ3n) is 1.77. The van der Waals surface area contributed by atoms with Gasteiger partial charge in [0.05, 0.1) is 0 Å². The van der Waals surface area contributed by atoms with Gasteiger partial charge in [-0.15, -0.1) is 6.58 Å². The summed E-state index contributed by atoms with van der Waals surface area (Å²) in [7, 11) is 0. The van der Waals surface area contributed by atoms with Crippen molar-refractivity contribution in [3.63, 3.8) is 0 Å². The van der Waals surface area contributed by atoms with E-state index in [4.69, 9.17) is 28.9 Å². The van der Waals surface area contributed by atoms with Crippen molar-refractivity contribution in [1.82, 2.24) is 0 Å². The molecule has 70 valence electrons. The molecule has 0 aromatic heterocycles. The summed E-state index contributed by atoms with van der Waals surface area (Å²) in [5.74, 6) is 0. The highest BCUT2D eigenvalue weighted by Gasteiger charge is 2.04. The third-order valence-corrected chi connectivity index (χ3v) is 2.36. The lowest BCUT2D eigenvalue weighted by Gasteiger charge is -2.07. The molecular weight excluding hydrogens is 205 g/mol. The van der Waals surface area contributed by atoms with Crippen LogP contribution in [0.1, 0.15) is 5.56 Å². The average Bonchev–Trinajstić information content (AvgIpc) is 2.09. The molecule has 1 rings (SSSR count). The van der Waals surface area contributed by atoms with Crippen molar-refractivity contribution in [2.45, 2.75) is 12.5 Å². The van der Waals surface area contributed by atoms with Crippen molar-refractivity contribution in [3.8, 4) is 0 Å². The van der Waals surface area contributed by atoms with Gasteiger partial charge in [-0.3, -0.25) is 0 Å². The maximum Gasteiger partial charge on any atom is 0.0453 e.